The van der Waals surface area contributed by atoms with E-state index in [0.29, 0.717) is 18.0 Å². The van der Waals surface area contributed by atoms with Crippen LogP contribution in [0.5, 0.6) is 5.75 Å². The van der Waals surface area contributed by atoms with Crippen molar-refractivity contribution in [3.05, 3.63) is 64.3 Å². The molecule has 0 amide bonds. The zero-order chi connectivity index (χ0) is 16.1. The molecule has 0 bridgehead atoms. The van der Waals surface area contributed by atoms with E-state index in [1.807, 2.05) is 0 Å². The van der Waals surface area contributed by atoms with E-state index in [2.05, 4.69) is 5.32 Å². The van der Waals surface area contributed by atoms with Crippen molar-refractivity contribution >= 4 is 0 Å². The molecule has 4 nitrogen and oxygen atoms in total. The molecule has 0 saturated carbocycles. The van der Waals surface area contributed by atoms with Crippen molar-refractivity contribution in [3.8, 4) is 5.75 Å². The number of piperidine rings is 1. The van der Waals surface area contributed by atoms with Gasteiger partial charge in [-0.2, -0.15) is 0 Å². The highest BCUT2D eigenvalue weighted by atomic mass is 19.1. The number of hydrogen-bond donors (Lipinski definition) is 1. The van der Waals surface area contributed by atoms with Gasteiger partial charge in [-0.05, 0) is 50.0 Å². The molecule has 2 aromatic rings. The lowest BCUT2D eigenvalue weighted by molar-refractivity contribution is 0.287. The third-order valence-electron chi connectivity index (χ3n) is 4.18. The minimum absolute atomic E-state index is 0.0525. The molecule has 1 aromatic carbocycles. The average molecular weight is 316 g/mol. The molecule has 23 heavy (non-hydrogen) atoms. The zero-order valence-corrected chi connectivity index (χ0v) is 13.0. The molecular weight excluding hydrogens is 295 g/mol. The summed E-state index contributed by atoms with van der Waals surface area (Å²) in [7, 11) is 0. The van der Waals surface area contributed by atoms with Crippen LogP contribution in [0.25, 0.3) is 0 Å². The smallest absolute Gasteiger partial charge is 0.292 e. The van der Waals surface area contributed by atoms with Gasteiger partial charge >= 0.3 is 0 Å². The summed E-state index contributed by atoms with van der Waals surface area (Å²) in [6.07, 6.45) is 4.05. The maximum absolute atomic E-state index is 13.6. The second-order valence-corrected chi connectivity index (χ2v) is 5.92. The van der Waals surface area contributed by atoms with Crippen molar-refractivity contribution in [1.82, 2.24) is 9.88 Å². The third-order valence-corrected chi connectivity index (χ3v) is 4.18. The predicted molar refractivity (Wildman–Crippen MR) is 87.0 cm³/mol. The van der Waals surface area contributed by atoms with Gasteiger partial charge in [-0.1, -0.05) is 18.2 Å². The fourth-order valence-electron chi connectivity index (χ4n) is 2.90. The Morgan fingerprint density at radius 2 is 2.13 bits per heavy atom. The highest BCUT2D eigenvalue weighted by Crippen LogP contribution is 2.14. The van der Waals surface area contributed by atoms with E-state index in [1.54, 1.807) is 41.1 Å². The maximum atomic E-state index is 13.6. The number of ether oxygens (including phenoxy) is 1. The van der Waals surface area contributed by atoms with Crippen LogP contribution < -0.4 is 15.6 Å². The molecule has 1 saturated heterocycles. The Morgan fingerprint density at radius 1 is 1.26 bits per heavy atom. The van der Waals surface area contributed by atoms with Crippen LogP contribution in [-0.2, 0) is 13.2 Å². The Balaban J connectivity index is 1.69. The number of nitrogens with one attached hydrogen (secondary N) is 1. The molecular formula is C18H21FN2O2. The lowest BCUT2D eigenvalue weighted by atomic mass is 10.00. The first-order valence-corrected chi connectivity index (χ1v) is 8.00. The summed E-state index contributed by atoms with van der Waals surface area (Å²) in [4.78, 5) is 12.5. The SMILES string of the molecule is O=c1c(OCc2ccccc2F)cccn1CC1CCCNC1. The van der Waals surface area contributed by atoms with E-state index in [-0.39, 0.29) is 23.7 Å². The van der Waals surface area contributed by atoms with Gasteiger partial charge in [0.2, 0.25) is 0 Å². The van der Waals surface area contributed by atoms with E-state index < -0.39 is 0 Å². The van der Waals surface area contributed by atoms with E-state index >= 15 is 0 Å². The van der Waals surface area contributed by atoms with Gasteiger partial charge in [-0.3, -0.25) is 4.79 Å². The van der Waals surface area contributed by atoms with Crippen LogP contribution in [0.1, 0.15) is 18.4 Å². The van der Waals surface area contributed by atoms with Crippen LogP contribution >= 0.6 is 0 Å². The predicted octanol–water partition coefficient (Wildman–Crippen LogP) is 2.57. The van der Waals surface area contributed by atoms with Crippen LogP contribution in [0, 0.1) is 11.7 Å². The van der Waals surface area contributed by atoms with Gasteiger partial charge in [0.15, 0.2) is 5.75 Å². The lowest BCUT2D eigenvalue weighted by Gasteiger charge is -2.23. The summed E-state index contributed by atoms with van der Waals surface area (Å²) >= 11 is 0. The number of benzene rings is 1. The van der Waals surface area contributed by atoms with Crippen molar-refractivity contribution in [3.63, 3.8) is 0 Å². The van der Waals surface area contributed by atoms with Crippen LogP contribution in [-0.4, -0.2) is 17.7 Å². The van der Waals surface area contributed by atoms with Crippen molar-refractivity contribution in [1.29, 1.82) is 0 Å². The average Bonchev–Trinajstić information content (AvgIpc) is 2.58. The zero-order valence-electron chi connectivity index (χ0n) is 13.0. The van der Waals surface area contributed by atoms with Crippen molar-refractivity contribution in [2.45, 2.75) is 26.0 Å². The third kappa shape index (κ3) is 3.99. The van der Waals surface area contributed by atoms with Gasteiger partial charge in [0.05, 0.1) is 0 Å². The number of hydrogen-bond acceptors (Lipinski definition) is 3. The molecule has 1 N–H and O–H groups in total. The maximum Gasteiger partial charge on any atom is 0.292 e. The Labute approximate surface area is 134 Å². The van der Waals surface area contributed by atoms with Crippen LogP contribution in [0.15, 0.2) is 47.4 Å². The first-order chi connectivity index (χ1) is 11.2. The summed E-state index contributed by atoms with van der Waals surface area (Å²) in [6, 6.07) is 9.86. The highest BCUT2D eigenvalue weighted by Gasteiger charge is 2.15. The van der Waals surface area contributed by atoms with Crippen LogP contribution in [0.4, 0.5) is 4.39 Å². The summed E-state index contributed by atoms with van der Waals surface area (Å²) in [6.45, 7) is 2.73. The molecule has 1 unspecified atom stereocenters. The molecule has 0 radical (unpaired) electrons. The standard InChI is InChI=1S/C18H21FN2O2/c19-16-7-2-1-6-15(16)13-23-17-8-4-10-21(18(17)22)12-14-5-3-9-20-11-14/h1-2,4,6-8,10,14,20H,3,5,9,11-13H2. The lowest BCUT2D eigenvalue weighted by Crippen LogP contribution is -2.34. The van der Waals surface area contributed by atoms with E-state index in [4.69, 9.17) is 4.74 Å². The Kier molecular flexibility index (Phi) is 5.08. The van der Waals surface area contributed by atoms with Gasteiger partial charge in [0.25, 0.3) is 5.56 Å². The Hall–Kier alpha value is -2.14. The number of pyridine rings is 1. The molecule has 1 aliphatic heterocycles. The summed E-state index contributed by atoms with van der Waals surface area (Å²) < 4.78 is 20.8. The van der Waals surface area contributed by atoms with Crippen molar-refractivity contribution < 1.29 is 9.13 Å². The Morgan fingerprint density at radius 3 is 2.91 bits per heavy atom. The summed E-state index contributed by atoms with van der Waals surface area (Å²) in [5.74, 6) is 0.403. The fourth-order valence-corrected chi connectivity index (χ4v) is 2.90. The van der Waals surface area contributed by atoms with Crippen LogP contribution in [0.2, 0.25) is 0 Å². The highest BCUT2D eigenvalue weighted by molar-refractivity contribution is 5.20. The number of aromatic nitrogens is 1. The molecule has 2 heterocycles. The van der Waals surface area contributed by atoms with Gasteiger partial charge < -0.3 is 14.6 Å². The molecule has 1 aromatic heterocycles. The first kappa shape index (κ1) is 15.7. The quantitative estimate of drug-likeness (QED) is 0.922. The second-order valence-electron chi connectivity index (χ2n) is 5.92. The molecule has 0 aliphatic carbocycles. The topological polar surface area (TPSA) is 43.3 Å². The molecule has 5 heteroatoms. The minimum Gasteiger partial charge on any atom is -0.483 e. The largest absolute Gasteiger partial charge is 0.483 e. The van der Waals surface area contributed by atoms with Gasteiger partial charge in [-0.25, -0.2) is 4.39 Å². The monoisotopic (exact) mass is 316 g/mol. The summed E-state index contributed by atoms with van der Waals surface area (Å²) in [5.41, 5.74) is 0.285. The fraction of sp³-hybridized carbons (Fsp3) is 0.389. The van der Waals surface area contributed by atoms with Crippen molar-refractivity contribution in [2.75, 3.05) is 13.1 Å². The number of rotatable bonds is 5. The van der Waals surface area contributed by atoms with Gasteiger partial charge in [-0.15, -0.1) is 0 Å². The molecule has 1 fully saturated rings. The number of halogens is 1. The Bertz CT molecular complexity index is 708. The van der Waals surface area contributed by atoms with E-state index in [1.165, 1.54) is 6.07 Å². The number of nitrogens with zero attached hydrogens (tertiary/aromatic N) is 1. The van der Waals surface area contributed by atoms with Crippen LogP contribution in [0.3, 0.4) is 0 Å². The molecule has 1 atom stereocenters. The minimum atomic E-state index is -0.322. The molecule has 1 aliphatic rings. The molecule has 3 rings (SSSR count). The van der Waals surface area contributed by atoms with E-state index in [9.17, 15) is 9.18 Å². The normalized spacial score (nSPS) is 17.9. The van der Waals surface area contributed by atoms with Gasteiger partial charge in [0, 0.05) is 18.3 Å². The first-order valence-electron chi connectivity index (χ1n) is 8.00. The van der Waals surface area contributed by atoms with Crippen molar-refractivity contribution in [2.24, 2.45) is 5.92 Å². The van der Waals surface area contributed by atoms with E-state index in [0.717, 1.165) is 25.9 Å². The molecule has 122 valence electrons. The summed E-state index contributed by atoms with van der Waals surface area (Å²) in [5, 5.41) is 3.35. The molecule has 0 spiro atoms. The van der Waals surface area contributed by atoms with Gasteiger partial charge in [0.1, 0.15) is 12.4 Å². The second kappa shape index (κ2) is 7.42.